The summed E-state index contributed by atoms with van der Waals surface area (Å²) in [7, 11) is 0. The molecule has 1 N–H and O–H groups in total. The Balaban J connectivity index is 1.82. The summed E-state index contributed by atoms with van der Waals surface area (Å²) in [4.78, 5) is 5.45. The number of hydrogen-bond donors (Lipinski definition) is 1. The van der Waals surface area contributed by atoms with Crippen molar-refractivity contribution in [1.82, 2.24) is 15.1 Å². The van der Waals surface area contributed by atoms with Crippen molar-refractivity contribution in [2.75, 3.05) is 39.3 Å². The van der Waals surface area contributed by atoms with E-state index in [2.05, 4.69) is 42.8 Å². The van der Waals surface area contributed by atoms with E-state index in [9.17, 15) is 0 Å². The summed E-state index contributed by atoms with van der Waals surface area (Å²) in [5.41, 5.74) is 0.346. The number of likely N-dealkylation sites (tertiary alicyclic amines) is 2. The molecule has 20 heavy (non-hydrogen) atoms. The molecule has 2 heterocycles. The molecule has 2 unspecified atom stereocenters. The molecule has 2 aliphatic rings. The SMILES string of the molecule is CCNC(CN1CCC(N2CCCCC2)C1)C(C)(C)C. The van der Waals surface area contributed by atoms with E-state index in [4.69, 9.17) is 0 Å². The average Bonchev–Trinajstić information content (AvgIpc) is 2.87. The maximum atomic E-state index is 3.69. The van der Waals surface area contributed by atoms with Crippen molar-refractivity contribution in [3.63, 3.8) is 0 Å². The molecule has 0 saturated carbocycles. The van der Waals surface area contributed by atoms with Crippen molar-refractivity contribution < 1.29 is 0 Å². The second-order valence-corrected chi connectivity index (χ2v) is 7.77. The zero-order chi connectivity index (χ0) is 14.6. The predicted molar refractivity (Wildman–Crippen MR) is 87.2 cm³/mol. The Morgan fingerprint density at radius 1 is 1.10 bits per heavy atom. The highest BCUT2D eigenvalue weighted by Gasteiger charge is 2.32. The van der Waals surface area contributed by atoms with Crippen LogP contribution in [0.3, 0.4) is 0 Å². The van der Waals surface area contributed by atoms with Crippen molar-refractivity contribution in [2.45, 2.75) is 65.5 Å². The first kappa shape index (κ1) is 16.3. The summed E-state index contributed by atoms with van der Waals surface area (Å²) in [6.07, 6.45) is 5.65. The lowest BCUT2D eigenvalue weighted by atomic mass is 9.86. The molecule has 0 aromatic rings. The smallest absolute Gasteiger partial charge is 0.0243 e. The van der Waals surface area contributed by atoms with E-state index in [1.54, 1.807) is 0 Å². The van der Waals surface area contributed by atoms with E-state index >= 15 is 0 Å². The molecule has 2 atom stereocenters. The van der Waals surface area contributed by atoms with Crippen LogP contribution < -0.4 is 5.32 Å². The predicted octanol–water partition coefficient (Wildman–Crippen LogP) is 2.57. The molecule has 0 aromatic carbocycles. The quantitative estimate of drug-likeness (QED) is 0.835. The number of piperidine rings is 1. The van der Waals surface area contributed by atoms with Crippen molar-refractivity contribution >= 4 is 0 Å². The molecular formula is C17H35N3. The molecular weight excluding hydrogens is 246 g/mol. The van der Waals surface area contributed by atoms with Gasteiger partial charge in [0.1, 0.15) is 0 Å². The third-order valence-electron chi connectivity index (χ3n) is 5.09. The van der Waals surface area contributed by atoms with E-state index in [0.29, 0.717) is 11.5 Å². The lowest BCUT2D eigenvalue weighted by Crippen LogP contribution is -2.49. The zero-order valence-electron chi connectivity index (χ0n) is 14.1. The van der Waals surface area contributed by atoms with Crippen molar-refractivity contribution in [1.29, 1.82) is 0 Å². The van der Waals surface area contributed by atoms with E-state index in [1.165, 1.54) is 58.4 Å². The fraction of sp³-hybridized carbons (Fsp3) is 1.00. The summed E-state index contributed by atoms with van der Waals surface area (Å²) in [5, 5.41) is 3.69. The number of likely N-dealkylation sites (N-methyl/N-ethyl adjacent to an activating group) is 1. The van der Waals surface area contributed by atoms with Gasteiger partial charge in [0, 0.05) is 25.2 Å². The lowest BCUT2D eigenvalue weighted by molar-refractivity contribution is 0.150. The van der Waals surface area contributed by atoms with Gasteiger partial charge in [-0.3, -0.25) is 4.90 Å². The monoisotopic (exact) mass is 281 g/mol. The van der Waals surface area contributed by atoms with Gasteiger partial charge in [0.25, 0.3) is 0 Å². The second-order valence-electron chi connectivity index (χ2n) is 7.77. The molecule has 0 aliphatic carbocycles. The van der Waals surface area contributed by atoms with Crippen LogP contribution in [0, 0.1) is 5.41 Å². The highest BCUT2D eigenvalue weighted by Crippen LogP contribution is 2.24. The Hall–Kier alpha value is -0.120. The van der Waals surface area contributed by atoms with E-state index < -0.39 is 0 Å². The van der Waals surface area contributed by atoms with E-state index in [0.717, 1.165) is 12.6 Å². The van der Waals surface area contributed by atoms with Gasteiger partial charge < -0.3 is 10.2 Å². The first-order valence-electron chi connectivity index (χ1n) is 8.70. The minimum Gasteiger partial charge on any atom is -0.312 e. The Morgan fingerprint density at radius 3 is 2.40 bits per heavy atom. The normalized spacial score (nSPS) is 27.9. The largest absolute Gasteiger partial charge is 0.312 e. The average molecular weight is 281 g/mol. The van der Waals surface area contributed by atoms with Crippen LogP contribution in [-0.4, -0.2) is 61.2 Å². The summed E-state index contributed by atoms with van der Waals surface area (Å²) in [5.74, 6) is 0. The molecule has 3 nitrogen and oxygen atoms in total. The maximum Gasteiger partial charge on any atom is 0.0243 e. The minimum absolute atomic E-state index is 0.346. The molecule has 0 bridgehead atoms. The van der Waals surface area contributed by atoms with E-state index in [1.807, 2.05) is 0 Å². The third kappa shape index (κ3) is 4.44. The fourth-order valence-electron chi connectivity index (χ4n) is 3.71. The van der Waals surface area contributed by atoms with Crippen LogP contribution in [0.2, 0.25) is 0 Å². The molecule has 2 aliphatic heterocycles. The van der Waals surface area contributed by atoms with Crippen LogP contribution in [0.5, 0.6) is 0 Å². The first-order valence-corrected chi connectivity index (χ1v) is 8.70. The highest BCUT2D eigenvalue weighted by molar-refractivity contribution is 4.89. The molecule has 2 rings (SSSR count). The number of nitrogens with one attached hydrogen (secondary N) is 1. The summed E-state index contributed by atoms with van der Waals surface area (Å²) >= 11 is 0. The van der Waals surface area contributed by atoms with Gasteiger partial charge in [-0.25, -0.2) is 0 Å². The Morgan fingerprint density at radius 2 is 1.80 bits per heavy atom. The van der Waals surface area contributed by atoms with Crippen LogP contribution in [0.15, 0.2) is 0 Å². The van der Waals surface area contributed by atoms with Gasteiger partial charge >= 0.3 is 0 Å². The fourth-order valence-corrected chi connectivity index (χ4v) is 3.71. The molecule has 0 aromatic heterocycles. The maximum absolute atomic E-state index is 3.69. The second kappa shape index (κ2) is 7.24. The topological polar surface area (TPSA) is 18.5 Å². The van der Waals surface area contributed by atoms with Crippen LogP contribution in [0.4, 0.5) is 0 Å². The molecule has 3 heteroatoms. The van der Waals surface area contributed by atoms with Gasteiger partial charge in [0.2, 0.25) is 0 Å². The van der Waals surface area contributed by atoms with Crippen LogP contribution in [0.1, 0.15) is 53.4 Å². The molecule has 2 fully saturated rings. The Kier molecular flexibility index (Phi) is 5.88. The summed E-state index contributed by atoms with van der Waals surface area (Å²) < 4.78 is 0. The summed E-state index contributed by atoms with van der Waals surface area (Å²) in [6.45, 7) is 16.8. The van der Waals surface area contributed by atoms with Crippen molar-refractivity contribution in [2.24, 2.45) is 5.41 Å². The van der Waals surface area contributed by atoms with Crippen LogP contribution >= 0.6 is 0 Å². The molecule has 2 saturated heterocycles. The summed E-state index contributed by atoms with van der Waals surface area (Å²) in [6, 6.07) is 1.44. The van der Waals surface area contributed by atoms with Gasteiger partial charge in [0.05, 0.1) is 0 Å². The molecule has 0 amide bonds. The Labute approximate surface area is 126 Å². The molecule has 118 valence electrons. The van der Waals surface area contributed by atoms with Crippen LogP contribution in [0.25, 0.3) is 0 Å². The van der Waals surface area contributed by atoms with Crippen molar-refractivity contribution in [3.8, 4) is 0 Å². The molecule has 0 radical (unpaired) electrons. The van der Waals surface area contributed by atoms with Gasteiger partial charge in [-0.15, -0.1) is 0 Å². The zero-order valence-corrected chi connectivity index (χ0v) is 14.1. The van der Waals surface area contributed by atoms with Gasteiger partial charge in [-0.2, -0.15) is 0 Å². The third-order valence-corrected chi connectivity index (χ3v) is 5.09. The standard InChI is InChI=1S/C17H35N3/c1-5-18-16(17(2,3)4)14-19-12-9-15(13-19)20-10-7-6-8-11-20/h15-16,18H,5-14H2,1-4H3. The minimum atomic E-state index is 0.346. The van der Waals surface area contributed by atoms with Gasteiger partial charge in [-0.1, -0.05) is 34.1 Å². The number of rotatable bonds is 5. The van der Waals surface area contributed by atoms with Gasteiger partial charge in [0.15, 0.2) is 0 Å². The lowest BCUT2D eigenvalue weighted by Gasteiger charge is -2.35. The van der Waals surface area contributed by atoms with E-state index in [-0.39, 0.29) is 0 Å². The van der Waals surface area contributed by atoms with Gasteiger partial charge in [-0.05, 0) is 50.9 Å². The number of hydrogen-bond acceptors (Lipinski definition) is 3. The molecule has 0 spiro atoms. The highest BCUT2D eigenvalue weighted by atomic mass is 15.3. The number of nitrogens with zero attached hydrogens (tertiary/aromatic N) is 2. The van der Waals surface area contributed by atoms with Crippen LogP contribution in [-0.2, 0) is 0 Å². The first-order chi connectivity index (χ1) is 9.50. The van der Waals surface area contributed by atoms with Crippen molar-refractivity contribution in [3.05, 3.63) is 0 Å². The Bertz CT molecular complexity index is 278.